The van der Waals surface area contributed by atoms with Crippen LogP contribution in [-0.2, 0) is 9.53 Å². The van der Waals surface area contributed by atoms with Gasteiger partial charge in [-0.1, -0.05) is 34.6 Å². The topological polar surface area (TPSA) is 29.5 Å². The molecular weight excluding hydrogens is 214 g/mol. The zero-order valence-electron chi connectivity index (χ0n) is 11.9. The summed E-state index contributed by atoms with van der Waals surface area (Å²) in [6.45, 7) is 13.0. The van der Waals surface area contributed by atoms with Crippen molar-refractivity contribution in [2.45, 2.75) is 53.2 Å². The van der Waals surface area contributed by atoms with E-state index < -0.39 is 0 Å². The van der Waals surface area contributed by atoms with E-state index in [9.17, 15) is 4.79 Å². The summed E-state index contributed by atoms with van der Waals surface area (Å²) in [6.07, 6.45) is 1.09. The highest BCUT2D eigenvalue weighted by Crippen LogP contribution is 2.24. The van der Waals surface area contributed by atoms with E-state index in [0.29, 0.717) is 11.7 Å². The molecule has 0 aliphatic carbocycles. The molecule has 2 atom stereocenters. The Bertz CT molecular complexity index is 251. The number of likely N-dealkylation sites (N-methyl/N-ethyl adjacent to an activating group) is 1. The lowest BCUT2D eigenvalue weighted by Gasteiger charge is -2.27. The molecule has 1 saturated heterocycles. The van der Waals surface area contributed by atoms with Gasteiger partial charge in [0.05, 0.1) is 12.1 Å². The molecule has 1 aliphatic heterocycles. The number of carbonyl (C=O) groups is 1. The second-order valence-corrected chi connectivity index (χ2v) is 5.68. The normalized spacial score (nSPS) is 26.1. The number of hydrogen-bond acceptors (Lipinski definition) is 3. The SMILES string of the molecule is CCN1CCC(OCC(C)C)[C@H]1C(=O)C(C)C. The molecule has 0 spiro atoms. The lowest BCUT2D eigenvalue weighted by atomic mass is 9.98. The van der Waals surface area contributed by atoms with E-state index in [4.69, 9.17) is 4.74 Å². The standard InChI is InChI=1S/C14H27NO2/c1-6-15-8-7-12(17-9-10(2)3)13(15)14(16)11(4)5/h10-13H,6-9H2,1-5H3/t12?,13-/m0/s1. The van der Waals surface area contributed by atoms with Crippen molar-refractivity contribution in [1.82, 2.24) is 4.90 Å². The second kappa shape index (κ2) is 6.50. The molecule has 0 aromatic carbocycles. The minimum absolute atomic E-state index is 0.0150. The molecule has 1 unspecified atom stereocenters. The molecule has 0 amide bonds. The minimum Gasteiger partial charge on any atom is -0.376 e. The molecule has 0 aromatic rings. The van der Waals surface area contributed by atoms with Crippen LogP contribution < -0.4 is 0 Å². The molecule has 3 nitrogen and oxygen atoms in total. The number of likely N-dealkylation sites (tertiary alicyclic amines) is 1. The smallest absolute Gasteiger partial charge is 0.155 e. The summed E-state index contributed by atoms with van der Waals surface area (Å²) < 4.78 is 5.92. The van der Waals surface area contributed by atoms with Crippen molar-refractivity contribution in [2.24, 2.45) is 11.8 Å². The number of ketones is 1. The summed E-state index contributed by atoms with van der Waals surface area (Å²) in [5.74, 6) is 0.955. The zero-order chi connectivity index (χ0) is 13.0. The second-order valence-electron chi connectivity index (χ2n) is 5.68. The van der Waals surface area contributed by atoms with Crippen LogP contribution in [0.2, 0.25) is 0 Å². The molecule has 0 N–H and O–H groups in total. The zero-order valence-corrected chi connectivity index (χ0v) is 11.9. The Morgan fingerprint density at radius 3 is 2.47 bits per heavy atom. The minimum atomic E-state index is -0.0150. The first-order valence-electron chi connectivity index (χ1n) is 6.86. The van der Waals surface area contributed by atoms with Gasteiger partial charge in [-0.15, -0.1) is 0 Å². The Labute approximate surface area is 106 Å². The van der Waals surface area contributed by atoms with Crippen molar-refractivity contribution in [3.05, 3.63) is 0 Å². The molecule has 0 radical (unpaired) electrons. The van der Waals surface area contributed by atoms with Crippen molar-refractivity contribution in [3.8, 4) is 0 Å². The Morgan fingerprint density at radius 2 is 2.00 bits per heavy atom. The number of ether oxygens (including phenoxy) is 1. The molecule has 1 aliphatic rings. The van der Waals surface area contributed by atoms with Crippen molar-refractivity contribution < 1.29 is 9.53 Å². The largest absolute Gasteiger partial charge is 0.376 e. The van der Waals surface area contributed by atoms with Gasteiger partial charge < -0.3 is 4.74 Å². The molecule has 0 aromatic heterocycles. The van der Waals surface area contributed by atoms with E-state index in [1.54, 1.807) is 0 Å². The van der Waals surface area contributed by atoms with Gasteiger partial charge in [0.1, 0.15) is 0 Å². The van der Waals surface area contributed by atoms with Gasteiger partial charge in [-0.2, -0.15) is 0 Å². The van der Waals surface area contributed by atoms with Gasteiger partial charge in [-0.25, -0.2) is 0 Å². The van der Waals surface area contributed by atoms with E-state index in [2.05, 4.69) is 25.7 Å². The van der Waals surface area contributed by atoms with Crippen LogP contribution in [0.25, 0.3) is 0 Å². The molecule has 3 heteroatoms. The average molecular weight is 241 g/mol. The van der Waals surface area contributed by atoms with Gasteiger partial charge in [-0.05, 0) is 18.9 Å². The van der Waals surface area contributed by atoms with Crippen LogP contribution in [-0.4, -0.2) is 42.5 Å². The van der Waals surface area contributed by atoms with Crippen LogP contribution in [0.1, 0.15) is 41.0 Å². The highest BCUT2D eigenvalue weighted by Gasteiger charge is 2.39. The van der Waals surface area contributed by atoms with Crippen LogP contribution >= 0.6 is 0 Å². The number of Topliss-reactive ketones (excluding diaryl/α,β-unsaturated/α-hetero) is 1. The van der Waals surface area contributed by atoms with E-state index in [1.165, 1.54) is 0 Å². The van der Waals surface area contributed by atoms with E-state index in [0.717, 1.165) is 26.1 Å². The van der Waals surface area contributed by atoms with E-state index in [1.807, 2.05) is 13.8 Å². The Hall–Kier alpha value is -0.410. The molecule has 0 saturated carbocycles. The molecular formula is C14H27NO2. The summed E-state index contributed by atoms with van der Waals surface area (Å²) >= 11 is 0. The summed E-state index contributed by atoms with van der Waals surface area (Å²) in [4.78, 5) is 14.5. The first-order valence-corrected chi connectivity index (χ1v) is 6.86. The van der Waals surface area contributed by atoms with E-state index in [-0.39, 0.29) is 18.1 Å². The fraction of sp³-hybridized carbons (Fsp3) is 0.929. The number of hydrogen-bond donors (Lipinski definition) is 0. The van der Waals surface area contributed by atoms with Crippen molar-refractivity contribution in [2.75, 3.05) is 19.7 Å². The fourth-order valence-electron chi connectivity index (χ4n) is 2.38. The quantitative estimate of drug-likeness (QED) is 0.715. The van der Waals surface area contributed by atoms with Gasteiger partial charge in [0.25, 0.3) is 0 Å². The Kier molecular flexibility index (Phi) is 5.60. The average Bonchev–Trinajstić information content (AvgIpc) is 2.67. The molecule has 1 heterocycles. The van der Waals surface area contributed by atoms with Crippen molar-refractivity contribution >= 4 is 5.78 Å². The van der Waals surface area contributed by atoms with Gasteiger partial charge in [-0.3, -0.25) is 9.69 Å². The van der Waals surface area contributed by atoms with Crippen molar-refractivity contribution in [1.29, 1.82) is 0 Å². The maximum atomic E-state index is 12.2. The van der Waals surface area contributed by atoms with Crippen LogP contribution in [0.3, 0.4) is 0 Å². The van der Waals surface area contributed by atoms with Gasteiger partial charge in [0, 0.05) is 19.1 Å². The van der Waals surface area contributed by atoms with Crippen molar-refractivity contribution in [3.63, 3.8) is 0 Å². The monoisotopic (exact) mass is 241 g/mol. The highest BCUT2D eigenvalue weighted by atomic mass is 16.5. The molecule has 100 valence electrons. The molecule has 0 bridgehead atoms. The summed E-state index contributed by atoms with van der Waals surface area (Å²) in [5.41, 5.74) is 0. The first kappa shape index (κ1) is 14.7. The third kappa shape index (κ3) is 3.78. The molecule has 17 heavy (non-hydrogen) atoms. The highest BCUT2D eigenvalue weighted by molar-refractivity contribution is 5.86. The number of carbonyl (C=O) groups excluding carboxylic acids is 1. The maximum Gasteiger partial charge on any atom is 0.155 e. The van der Waals surface area contributed by atoms with Crippen LogP contribution in [0.5, 0.6) is 0 Å². The predicted molar refractivity (Wildman–Crippen MR) is 70.1 cm³/mol. The van der Waals surface area contributed by atoms with E-state index >= 15 is 0 Å². The maximum absolute atomic E-state index is 12.2. The predicted octanol–water partition coefficient (Wildman–Crippen LogP) is 2.35. The summed E-state index contributed by atoms with van der Waals surface area (Å²) in [6, 6.07) is -0.0150. The lowest BCUT2D eigenvalue weighted by molar-refractivity contribution is -0.130. The molecule has 1 fully saturated rings. The third-order valence-electron chi connectivity index (χ3n) is 3.36. The van der Waals surface area contributed by atoms with Crippen LogP contribution in [0, 0.1) is 11.8 Å². The van der Waals surface area contributed by atoms with Gasteiger partial charge in [0.2, 0.25) is 0 Å². The Morgan fingerprint density at radius 1 is 1.35 bits per heavy atom. The van der Waals surface area contributed by atoms with Gasteiger partial charge in [0.15, 0.2) is 5.78 Å². The third-order valence-corrected chi connectivity index (χ3v) is 3.36. The van der Waals surface area contributed by atoms with Gasteiger partial charge >= 0.3 is 0 Å². The summed E-state index contributed by atoms with van der Waals surface area (Å²) in [7, 11) is 0. The molecule has 1 rings (SSSR count). The summed E-state index contributed by atoms with van der Waals surface area (Å²) in [5, 5.41) is 0. The fourth-order valence-corrected chi connectivity index (χ4v) is 2.38. The lowest BCUT2D eigenvalue weighted by Crippen LogP contribution is -2.45. The number of nitrogens with zero attached hydrogens (tertiary/aromatic N) is 1. The van der Waals surface area contributed by atoms with Crippen LogP contribution in [0.15, 0.2) is 0 Å². The Balaban J connectivity index is 2.66. The number of rotatable bonds is 6. The van der Waals surface area contributed by atoms with Crippen LogP contribution in [0.4, 0.5) is 0 Å². The first-order chi connectivity index (χ1) is 7.97.